The summed E-state index contributed by atoms with van der Waals surface area (Å²) < 4.78 is 24.2. The molecular formula is C11H14BFO4. The topological polar surface area (TPSA) is 58.9 Å². The molecule has 1 aliphatic rings. The van der Waals surface area contributed by atoms with Crippen LogP contribution in [0.25, 0.3) is 0 Å². The Morgan fingerprint density at radius 2 is 2.00 bits per heavy atom. The standard InChI is InChI=1S/C11H14BFO4/c13-11-7-9(1-2-10(11)12(14)15)17-8-3-5-16-6-4-8/h1-2,7-8,14-15H,3-6H2. The first-order chi connectivity index (χ1) is 8.16. The predicted octanol–water partition coefficient (Wildman–Crippen LogP) is 0.0633. The summed E-state index contributed by atoms with van der Waals surface area (Å²) in [5.41, 5.74) is -0.149. The molecule has 0 spiro atoms. The Bertz CT molecular complexity index is 380. The molecule has 0 aliphatic carbocycles. The molecule has 1 heterocycles. The molecular weight excluding hydrogens is 226 g/mol. The molecule has 0 amide bonds. The van der Waals surface area contributed by atoms with Crippen LogP contribution in [0.2, 0.25) is 0 Å². The van der Waals surface area contributed by atoms with E-state index >= 15 is 0 Å². The number of rotatable bonds is 3. The molecule has 0 aromatic heterocycles. The van der Waals surface area contributed by atoms with Crippen LogP contribution in [-0.2, 0) is 4.74 Å². The zero-order chi connectivity index (χ0) is 12.3. The van der Waals surface area contributed by atoms with Gasteiger partial charge in [-0.1, -0.05) is 6.07 Å². The Labute approximate surface area is 99.1 Å². The summed E-state index contributed by atoms with van der Waals surface area (Å²) in [5, 5.41) is 17.8. The normalized spacial score (nSPS) is 16.9. The second-order valence-electron chi connectivity index (χ2n) is 3.99. The molecule has 1 fully saturated rings. The summed E-state index contributed by atoms with van der Waals surface area (Å²) in [4.78, 5) is 0. The van der Waals surface area contributed by atoms with Gasteiger partial charge in [0.25, 0.3) is 0 Å². The second-order valence-corrected chi connectivity index (χ2v) is 3.99. The quantitative estimate of drug-likeness (QED) is 0.733. The first kappa shape index (κ1) is 12.4. The van der Waals surface area contributed by atoms with Crippen molar-refractivity contribution in [1.82, 2.24) is 0 Å². The fourth-order valence-electron chi connectivity index (χ4n) is 1.78. The van der Waals surface area contributed by atoms with Crippen molar-refractivity contribution >= 4 is 12.6 Å². The van der Waals surface area contributed by atoms with Crippen molar-refractivity contribution in [2.75, 3.05) is 13.2 Å². The van der Waals surface area contributed by atoms with E-state index in [9.17, 15) is 4.39 Å². The lowest BCUT2D eigenvalue weighted by Crippen LogP contribution is -2.33. The second kappa shape index (κ2) is 5.49. The molecule has 0 radical (unpaired) electrons. The highest BCUT2D eigenvalue weighted by atomic mass is 19.1. The molecule has 0 atom stereocenters. The number of halogens is 1. The van der Waals surface area contributed by atoms with E-state index in [1.165, 1.54) is 18.2 Å². The van der Waals surface area contributed by atoms with Crippen LogP contribution in [-0.4, -0.2) is 36.5 Å². The molecule has 2 N–H and O–H groups in total. The van der Waals surface area contributed by atoms with Crippen LogP contribution in [0.4, 0.5) is 4.39 Å². The van der Waals surface area contributed by atoms with Gasteiger partial charge in [-0.2, -0.15) is 0 Å². The molecule has 0 bridgehead atoms. The summed E-state index contributed by atoms with van der Waals surface area (Å²) >= 11 is 0. The zero-order valence-electron chi connectivity index (χ0n) is 9.30. The van der Waals surface area contributed by atoms with Gasteiger partial charge in [0.1, 0.15) is 17.7 Å². The molecule has 6 heteroatoms. The number of hydrogen-bond acceptors (Lipinski definition) is 4. The highest BCUT2D eigenvalue weighted by molar-refractivity contribution is 6.58. The average molecular weight is 240 g/mol. The van der Waals surface area contributed by atoms with Crippen LogP contribution in [0.5, 0.6) is 5.75 Å². The van der Waals surface area contributed by atoms with Crippen molar-refractivity contribution in [3.05, 3.63) is 24.0 Å². The average Bonchev–Trinajstić information content (AvgIpc) is 2.30. The molecule has 0 saturated carbocycles. The third kappa shape index (κ3) is 3.18. The Kier molecular flexibility index (Phi) is 3.99. The maximum absolute atomic E-state index is 13.4. The smallest absolute Gasteiger partial charge is 0.490 e. The summed E-state index contributed by atoms with van der Waals surface area (Å²) in [6.45, 7) is 1.31. The summed E-state index contributed by atoms with van der Waals surface area (Å²) in [6.07, 6.45) is 1.60. The minimum Gasteiger partial charge on any atom is -0.490 e. The zero-order valence-corrected chi connectivity index (χ0v) is 9.30. The van der Waals surface area contributed by atoms with E-state index in [2.05, 4.69) is 0 Å². The van der Waals surface area contributed by atoms with Gasteiger partial charge in [-0.3, -0.25) is 0 Å². The van der Waals surface area contributed by atoms with Crippen molar-refractivity contribution in [3.63, 3.8) is 0 Å². The van der Waals surface area contributed by atoms with Crippen molar-refractivity contribution in [2.45, 2.75) is 18.9 Å². The summed E-state index contributed by atoms with van der Waals surface area (Å²) in [6, 6.07) is 4.02. The molecule has 1 aromatic carbocycles. The van der Waals surface area contributed by atoms with E-state index in [0.717, 1.165) is 12.8 Å². The Morgan fingerprint density at radius 1 is 1.29 bits per heavy atom. The third-order valence-corrected chi connectivity index (χ3v) is 2.72. The van der Waals surface area contributed by atoms with Gasteiger partial charge in [0.2, 0.25) is 0 Å². The SMILES string of the molecule is OB(O)c1ccc(OC2CCOCC2)cc1F. The maximum Gasteiger partial charge on any atom is 0.491 e. The first-order valence-electron chi connectivity index (χ1n) is 5.57. The van der Waals surface area contributed by atoms with Gasteiger partial charge in [0.05, 0.1) is 13.2 Å². The monoisotopic (exact) mass is 240 g/mol. The molecule has 92 valence electrons. The van der Waals surface area contributed by atoms with E-state index in [4.69, 9.17) is 19.5 Å². The Morgan fingerprint density at radius 3 is 2.59 bits per heavy atom. The van der Waals surface area contributed by atoms with Gasteiger partial charge in [-0.15, -0.1) is 0 Å². The lowest BCUT2D eigenvalue weighted by Gasteiger charge is -2.23. The van der Waals surface area contributed by atoms with Crippen LogP contribution in [0, 0.1) is 5.82 Å². The lowest BCUT2D eigenvalue weighted by atomic mass is 9.80. The molecule has 1 aliphatic heterocycles. The fraction of sp³-hybridized carbons (Fsp3) is 0.455. The van der Waals surface area contributed by atoms with E-state index < -0.39 is 12.9 Å². The lowest BCUT2D eigenvalue weighted by molar-refractivity contribution is 0.0255. The van der Waals surface area contributed by atoms with Crippen molar-refractivity contribution in [2.24, 2.45) is 0 Å². The maximum atomic E-state index is 13.4. The first-order valence-corrected chi connectivity index (χ1v) is 5.57. The minimum atomic E-state index is -1.80. The van der Waals surface area contributed by atoms with Gasteiger partial charge in [0, 0.05) is 24.4 Å². The van der Waals surface area contributed by atoms with Gasteiger partial charge in [-0.05, 0) is 6.07 Å². The number of ether oxygens (including phenoxy) is 2. The molecule has 0 unspecified atom stereocenters. The highest BCUT2D eigenvalue weighted by Crippen LogP contribution is 2.18. The van der Waals surface area contributed by atoms with E-state index in [-0.39, 0.29) is 11.6 Å². The molecule has 4 nitrogen and oxygen atoms in total. The van der Waals surface area contributed by atoms with E-state index in [1.807, 2.05) is 0 Å². The molecule has 1 saturated heterocycles. The molecule has 17 heavy (non-hydrogen) atoms. The molecule has 2 rings (SSSR count). The predicted molar refractivity (Wildman–Crippen MR) is 60.7 cm³/mol. The highest BCUT2D eigenvalue weighted by Gasteiger charge is 2.19. The van der Waals surface area contributed by atoms with Crippen molar-refractivity contribution in [1.29, 1.82) is 0 Å². The van der Waals surface area contributed by atoms with Gasteiger partial charge in [0.15, 0.2) is 0 Å². The fourth-order valence-corrected chi connectivity index (χ4v) is 1.78. The van der Waals surface area contributed by atoms with Crippen LogP contribution < -0.4 is 10.2 Å². The van der Waals surface area contributed by atoms with Crippen molar-refractivity contribution in [3.8, 4) is 5.75 Å². The van der Waals surface area contributed by atoms with Crippen LogP contribution in [0.3, 0.4) is 0 Å². The van der Waals surface area contributed by atoms with E-state index in [1.54, 1.807) is 0 Å². The summed E-state index contributed by atoms with van der Waals surface area (Å²) in [5.74, 6) is -0.275. The third-order valence-electron chi connectivity index (χ3n) is 2.72. The van der Waals surface area contributed by atoms with Crippen LogP contribution in [0.1, 0.15) is 12.8 Å². The van der Waals surface area contributed by atoms with Crippen LogP contribution >= 0.6 is 0 Å². The van der Waals surface area contributed by atoms with Gasteiger partial charge < -0.3 is 19.5 Å². The van der Waals surface area contributed by atoms with Gasteiger partial charge >= 0.3 is 7.12 Å². The van der Waals surface area contributed by atoms with Crippen LogP contribution in [0.15, 0.2) is 18.2 Å². The largest absolute Gasteiger partial charge is 0.491 e. The number of hydrogen-bond donors (Lipinski definition) is 2. The number of benzene rings is 1. The Hall–Kier alpha value is -1.11. The van der Waals surface area contributed by atoms with E-state index in [0.29, 0.717) is 19.0 Å². The van der Waals surface area contributed by atoms with Gasteiger partial charge in [-0.25, -0.2) is 4.39 Å². The minimum absolute atomic E-state index is 0.0352. The summed E-state index contributed by atoms with van der Waals surface area (Å²) in [7, 11) is -1.80. The molecule has 1 aromatic rings. The van der Waals surface area contributed by atoms with Crippen molar-refractivity contribution < 1.29 is 23.9 Å². The Balaban J connectivity index is 2.04.